The van der Waals surface area contributed by atoms with Crippen molar-refractivity contribution in [2.24, 2.45) is 0 Å². The number of benzene rings is 1. The molecule has 23 heavy (non-hydrogen) atoms. The van der Waals surface area contributed by atoms with Gasteiger partial charge in [0.05, 0.1) is 12.4 Å². The zero-order valence-corrected chi connectivity index (χ0v) is 16.8. The van der Waals surface area contributed by atoms with E-state index >= 15 is 0 Å². The Morgan fingerprint density at radius 1 is 0.957 bits per heavy atom. The third kappa shape index (κ3) is 4.95. The minimum Gasteiger partial charge on any atom is -0.548 e. The van der Waals surface area contributed by atoms with E-state index in [1.165, 1.54) is 5.56 Å². The molecule has 0 aliphatic carbocycles. The van der Waals surface area contributed by atoms with Crippen molar-refractivity contribution < 1.29 is 9.53 Å². The molecule has 0 aliphatic heterocycles. The number of rotatable bonds is 8. The van der Waals surface area contributed by atoms with Crippen molar-refractivity contribution >= 4 is 8.32 Å². The quantitative estimate of drug-likeness (QED) is 0.458. The molecular formula is C20H34O2Si. The van der Waals surface area contributed by atoms with Gasteiger partial charge in [-0.15, -0.1) is 0 Å². The van der Waals surface area contributed by atoms with Gasteiger partial charge in [0, 0.05) is 0 Å². The molecule has 0 heterocycles. The van der Waals surface area contributed by atoms with Gasteiger partial charge in [-0.2, -0.15) is 0 Å². The van der Waals surface area contributed by atoms with Gasteiger partial charge >= 0.3 is 0 Å². The molecule has 0 radical (unpaired) electrons. The molecule has 0 unspecified atom stereocenters. The molecule has 0 spiro atoms. The Kier molecular flexibility index (Phi) is 7.55. The molecule has 0 amide bonds. The van der Waals surface area contributed by atoms with E-state index in [1.54, 1.807) is 0 Å². The molecule has 0 saturated heterocycles. The fourth-order valence-corrected chi connectivity index (χ4v) is 8.83. The Hall–Kier alpha value is -1.06. The van der Waals surface area contributed by atoms with Crippen LogP contribution in [0.5, 0.6) is 0 Å². The fourth-order valence-electron chi connectivity index (χ4n) is 3.68. The van der Waals surface area contributed by atoms with E-state index in [-0.39, 0.29) is 0 Å². The molecule has 130 valence electrons. The van der Waals surface area contributed by atoms with E-state index in [2.05, 4.69) is 48.5 Å². The summed E-state index contributed by atoms with van der Waals surface area (Å²) in [5.41, 5.74) is 3.86. The first kappa shape index (κ1) is 20.0. The topological polar surface area (TPSA) is 29.5 Å². The van der Waals surface area contributed by atoms with Crippen LogP contribution >= 0.6 is 0 Å². The third-order valence-electron chi connectivity index (χ3n) is 4.90. The van der Waals surface area contributed by atoms with Gasteiger partial charge in [0.2, 0.25) is 0 Å². The fraction of sp³-hybridized carbons (Fsp3) is 0.600. The maximum Gasteiger partial charge on any atom is 0.257 e. The zero-order chi connectivity index (χ0) is 17.6. The van der Waals surface area contributed by atoms with Crippen molar-refractivity contribution in [2.75, 3.05) is 0 Å². The summed E-state index contributed by atoms with van der Waals surface area (Å²) in [6.07, 6.45) is 3.94. The summed E-state index contributed by atoms with van der Waals surface area (Å²) in [5.74, 6) is 0. The second-order valence-corrected chi connectivity index (χ2v) is 12.9. The van der Waals surface area contributed by atoms with Crippen LogP contribution in [0.15, 0.2) is 36.6 Å². The molecule has 0 saturated carbocycles. The number of hydrogen-bond acceptors (Lipinski definition) is 2. The number of aliphatic hydroxyl groups excluding tert-OH is 1. The molecule has 1 N–H and O–H groups in total. The summed E-state index contributed by atoms with van der Waals surface area (Å²) >= 11 is 0. The predicted molar refractivity (Wildman–Crippen MR) is 102 cm³/mol. The predicted octanol–water partition coefficient (Wildman–Crippen LogP) is 6.12. The Morgan fingerprint density at radius 3 is 1.87 bits per heavy atom. The second-order valence-electron chi connectivity index (χ2n) is 7.47. The summed E-state index contributed by atoms with van der Waals surface area (Å²) in [6, 6.07) is 8.05. The summed E-state index contributed by atoms with van der Waals surface area (Å²) < 4.78 is 6.37. The largest absolute Gasteiger partial charge is 0.548 e. The molecule has 2 nitrogen and oxygen atoms in total. The van der Waals surface area contributed by atoms with Crippen LogP contribution in [-0.4, -0.2) is 13.4 Å². The molecule has 1 atom stereocenters. The smallest absolute Gasteiger partial charge is 0.257 e. The monoisotopic (exact) mass is 334 g/mol. The highest BCUT2D eigenvalue weighted by Gasteiger charge is 2.46. The highest BCUT2D eigenvalue weighted by atomic mass is 28.4. The van der Waals surface area contributed by atoms with Crippen molar-refractivity contribution in [1.29, 1.82) is 0 Å². The van der Waals surface area contributed by atoms with Gasteiger partial charge in [-0.1, -0.05) is 71.4 Å². The molecular weight excluding hydrogens is 300 g/mol. The second kappa shape index (κ2) is 8.70. The molecule has 0 bridgehead atoms. The zero-order valence-electron chi connectivity index (χ0n) is 15.8. The number of aliphatic hydroxyl groups is 1. The average molecular weight is 335 g/mol. The van der Waals surface area contributed by atoms with E-state index in [9.17, 15) is 5.11 Å². The molecule has 1 rings (SSSR count). The van der Waals surface area contributed by atoms with E-state index in [4.69, 9.17) is 4.43 Å². The van der Waals surface area contributed by atoms with Gasteiger partial charge in [-0.3, -0.25) is 0 Å². The SMILES string of the molecule is Cc1ccc([C@@H](O)C/C=C\O[Si](C(C)C)(C(C)C)C(C)C)cc1. The molecule has 0 aromatic heterocycles. The Bertz CT molecular complexity index is 467. The lowest BCUT2D eigenvalue weighted by Gasteiger charge is -2.41. The lowest BCUT2D eigenvalue weighted by Crippen LogP contribution is -2.46. The summed E-state index contributed by atoms with van der Waals surface area (Å²) in [7, 11) is -1.85. The van der Waals surface area contributed by atoms with Gasteiger partial charge < -0.3 is 9.53 Å². The minimum absolute atomic E-state index is 0.469. The van der Waals surface area contributed by atoms with Gasteiger partial charge in [0.1, 0.15) is 0 Å². The van der Waals surface area contributed by atoms with Gasteiger partial charge in [-0.25, -0.2) is 0 Å². The first-order valence-corrected chi connectivity index (χ1v) is 10.9. The summed E-state index contributed by atoms with van der Waals surface area (Å²) in [6.45, 7) is 15.7. The van der Waals surface area contributed by atoms with Crippen molar-refractivity contribution in [3.05, 3.63) is 47.7 Å². The normalized spacial score (nSPS) is 14.2. The van der Waals surface area contributed by atoms with Crippen molar-refractivity contribution in [1.82, 2.24) is 0 Å². The maximum atomic E-state index is 10.3. The van der Waals surface area contributed by atoms with Crippen molar-refractivity contribution in [3.8, 4) is 0 Å². The van der Waals surface area contributed by atoms with Crippen LogP contribution in [0.2, 0.25) is 16.6 Å². The highest BCUT2D eigenvalue weighted by molar-refractivity contribution is 6.77. The molecule has 0 fully saturated rings. The number of hydrogen-bond donors (Lipinski definition) is 1. The standard InChI is InChI=1S/C20H34O2Si/c1-15(2)23(16(3)4,17(5)6)22-14-8-9-20(21)19-12-10-18(7)11-13-19/h8,10-17,20-21H,9H2,1-7H3/b14-8-/t20-/m0/s1. The van der Waals surface area contributed by atoms with Crippen LogP contribution in [0.4, 0.5) is 0 Å². The van der Waals surface area contributed by atoms with E-state index in [0.29, 0.717) is 23.0 Å². The third-order valence-corrected chi connectivity index (χ3v) is 10.9. The van der Waals surface area contributed by atoms with Crippen LogP contribution in [0.3, 0.4) is 0 Å². The first-order chi connectivity index (χ1) is 10.7. The average Bonchev–Trinajstić information content (AvgIpc) is 2.46. The van der Waals surface area contributed by atoms with Gasteiger partial charge in [0.25, 0.3) is 8.32 Å². The summed E-state index contributed by atoms with van der Waals surface area (Å²) in [4.78, 5) is 0. The molecule has 0 aliphatic rings. The van der Waals surface area contributed by atoms with Crippen LogP contribution < -0.4 is 0 Å². The van der Waals surface area contributed by atoms with Crippen LogP contribution in [0, 0.1) is 6.92 Å². The van der Waals surface area contributed by atoms with Crippen molar-refractivity contribution in [3.63, 3.8) is 0 Å². The molecule has 3 heteroatoms. The highest BCUT2D eigenvalue weighted by Crippen LogP contribution is 2.42. The number of aryl methyl sites for hydroxylation is 1. The van der Waals surface area contributed by atoms with E-state index in [0.717, 1.165) is 5.56 Å². The molecule has 1 aromatic carbocycles. The van der Waals surface area contributed by atoms with Crippen LogP contribution in [0.1, 0.15) is 65.2 Å². The van der Waals surface area contributed by atoms with Crippen molar-refractivity contribution in [2.45, 2.75) is 77.6 Å². The van der Waals surface area contributed by atoms with Gasteiger partial charge in [-0.05, 0) is 41.6 Å². The lowest BCUT2D eigenvalue weighted by atomic mass is 10.1. The van der Waals surface area contributed by atoms with Gasteiger partial charge in [0.15, 0.2) is 0 Å². The Labute approximate surface area is 143 Å². The first-order valence-electron chi connectivity index (χ1n) is 8.79. The minimum atomic E-state index is -1.85. The lowest BCUT2D eigenvalue weighted by molar-refractivity contribution is 0.180. The van der Waals surface area contributed by atoms with Crippen LogP contribution in [-0.2, 0) is 4.43 Å². The van der Waals surface area contributed by atoms with E-state index < -0.39 is 14.4 Å². The van der Waals surface area contributed by atoms with E-state index in [1.807, 2.05) is 36.6 Å². The molecule has 1 aromatic rings. The summed E-state index contributed by atoms with van der Waals surface area (Å²) in [5, 5.41) is 10.3. The Balaban J connectivity index is 2.71. The Morgan fingerprint density at radius 2 is 1.43 bits per heavy atom. The maximum absolute atomic E-state index is 10.3. The van der Waals surface area contributed by atoms with Crippen LogP contribution in [0.25, 0.3) is 0 Å².